The highest BCUT2D eigenvalue weighted by atomic mass is 16.3. The molecule has 0 saturated carbocycles. The second kappa shape index (κ2) is 3.16. The Morgan fingerprint density at radius 3 is 2.33 bits per heavy atom. The minimum Gasteiger partial charge on any atom is -0.396 e. The lowest BCUT2D eigenvalue weighted by molar-refractivity contribution is 0.238. The first-order valence-corrected chi connectivity index (χ1v) is 2.21. The zero-order valence-corrected chi connectivity index (χ0v) is 4.15. The second-order valence-corrected chi connectivity index (χ2v) is 1.58. The fourth-order valence-corrected chi connectivity index (χ4v) is 0.0913. The van der Waals surface area contributed by atoms with Crippen molar-refractivity contribution in [3.8, 4) is 0 Å². The van der Waals surface area contributed by atoms with Crippen molar-refractivity contribution in [2.45, 2.75) is 13.3 Å². The lowest BCUT2D eigenvalue weighted by Crippen LogP contribution is -1.96. The summed E-state index contributed by atoms with van der Waals surface area (Å²) in [5.41, 5.74) is 0. The van der Waals surface area contributed by atoms with Crippen molar-refractivity contribution in [1.29, 1.82) is 0 Å². The molecule has 0 aliphatic rings. The van der Waals surface area contributed by atoms with Crippen LogP contribution in [-0.4, -0.2) is 11.7 Å². The molecule has 0 unspecified atom stereocenters. The summed E-state index contributed by atoms with van der Waals surface area (Å²) in [5, 5.41) is 8.29. The average Bonchev–Trinajstić information content (AvgIpc) is 1.65. The predicted molar refractivity (Wildman–Crippen MR) is 26.2 cm³/mol. The third kappa shape index (κ3) is 2.21. The van der Waals surface area contributed by atoms with Crippen molar-refractivity contribution >= 4 is 0 Å². The molecule has 37 valence electrons. The van der Waals surface area contributed by atoms with Crippen LogP contribution < -0.4 is 0 Å². The van der Waals surface area contributed by atoms with E-state index in [0.29, 0.717) is 5.92 Å². The molecule has 1 heteroatoms. The Kier molecular flexibility index (Phi) is 3.14. The van der Waals surface area contributed by atoms with Crippen molar-refractivity contribution in [2.75, 3.05) is 6.61 Å². The zero-order valence-electron chi connectivity index (χ0n) is 4.15. The van der Waals surface area contributed by atoms with E-state index in [1.807, 2.05) is 6.92 Å². The van der Waals surface area contributed by atoms with Crippen molar-refractivity contribution in [3.63, 3.8) is 0 Å². The Balaban J connectivity index is 2.75. The van der Waals surface area contributed by atoms with Gasteiger partial charge in [0.15, 0.2) is 0 Å². The van der Waals surface area contributed by atoms with Gasteiger partial charge < -0.3 is 5.11 Å². The van der Waals surface area contributed by atoms with Crippen LogP contribution in [0.1, 0.15) is 13.3 Å². The summed E-state index contributed by atoms with van der Waals surface area (Å²) in [7, 11) is 0. The maximum atomic E-state index is 8.29. The van der Waals surface area contributed by atoms with Crippen LogP contribution in [-0.2, 0) is 0 Å². The molecule has 0 aliphatic carbocycles. The van der Waals surface area contributed by atoms with E-state index in [4.69, 9.17) is 5.11 Å². The molecule has 0 heterocycles. The molecule has 6 heavy (non-hydrogen) atoms. The van der Waals surface area contributed by atoms with Gasteiger partial charge in [0.25, 0.3) is 0 Å². The Morgan fingerprint density at radius 1 is 1.83 bits per heavy atom. The SMILES string of the molecule is [CH2]C[C@H](C)CO. The van der Waals surface area contributed by atoms with Gasteiger partial charge in [-0.15, -0.1) is 0 Å². The maximum absolute atomic E-state index is 8.29. The highest BCUT2D eigenvalue weighted by Gasteiger charge is 1.90. The molecule has 0 aliphatic heterocycles. The zero-order chi connectivity index (χ0) is 4.99. The van der Waals surface area contributed by atoms with E-state index in [-0.39, 0.29) is 6.61 Å². The molecule has 0 bridgehead atoms. The molecular formula is C5H11O. The van der Waals surface area contributed by atoms with E-state index in [9.17, 15) is 0 Å². The first-order chi connectivity index (χ1) is 2.81. The number of hydrogen-bond donors (Lipinski definition) is 1. The number of aliphatic hydroxyl groups excluding tert-OH is 1. The standard InChI is InChI=1S/C5H11O/c1-3-5(2)4-6/h5-6H,1,3-4H2,2H3/t5-/m0/s1. The molecule has 0 rings (SSSR count). The smallest absolute Gasteiger partial charge is 0.0456 e. The molecule has 0 fully saturated rings. The van der Waals surface area contributed by atoms with Gasteiger partial charge in [0, 0.05) is 6.61 Å². The number of aliphatic hydroxyl groups is 1. The Morgan fingerprint density at radius 2 is 2.33 bits per heavy atom. The van der Waals surface area contributed by atoms with Gasteiger partial charge in [0.2, 0.25) is 0 Å². The van der Waals surface area contributed by atoms with Crippen LogP contribution in [0.4, 0.5) is 0 Å². The van der Waals surface area contributed by atoms with Crippen LogP contribution in [0.25, 0.3) is 0 Å². The van der Waals surface area contributed by atoms with Gasteiger partial charge >= 0.3 is 0 Å². The van der Waals surface area contributed by atoms with Crippen molar-refractivity contribution in [3.05, 3.63) is 6.92 Å². The van der Waals surface area contributed by atoms with Gasteiger partial charge in [-0.1, -0.05) is 13.8 Å². The molecule has 0 saturated heterocycles. The predicted octanol–water partition coefficient (Wildman–Crippen LogP) is 0.839. The molecule has 0 spiro atoms. The molecule has 0 amide bonds. The summed E-state index contributed by atoms with van der Waals surface area (Å²) in [6.45, 7) is 5.83. The van der Waals surface area contributed by atoms with E-state index in [1.165, 1.54) is 0 Å². The van der Waals surface area contributed by atoms with Gasteiger partial charge in [-0.2, -0.15) is 0 Å². The van der Waals surface area contributed by atoms with Crippen molar-refractivity contribution in [1.82, 2.24) is 0 Å². The Hall–Kier alpha value is -0.0400. The van der Waals surface area contributed by atoms with E-state index in [2.05, 4.69) is 6.92 Å². The van der Waals surface area contributed by atoms with Gasteiger partial charge in [-0.25, -0.2) is 0 Å². The summed E-state index contributed by atoms with van der Waals surface area (Å²) in [4.78, 5) is 0. The number of hydrogen-bond acceptors (Lipinski definition) is 1. The van der Waals surface area contributed by atoms with Crippen molar-refractivity contribution in [2.24, 2.45) is 5.92 Å². The van der Waals surface area contributed by atoms with Crippen LogP contribution in [0.15, 0.2) is 0 Å². The first kappa shape index (κ1) is 5.96. The molecule has 0 aromatic rings. The lowest BCUT2D eigenvalue weighted by atomic mass is 10.1. The third-order valence-corrected chi connectivity index (χ3v) is 0.804. The van der Waals surface area contributed by atoms with E-state index < -0.39 is 0 Å². The van der Waals surface area contributed by atoms with Gasteiger partial charge in [-0.3, -0.25) is 0 Å². The topological polar surface area (TPSA) is 20.2 Å². The molecule has 1 radical (unpaired) electrons. The largest absolute Gasteiger partial charge is 0.396 e. The van der Waals surface area contributed by atoms with Gasteiger partial charge in [0.1, 0.15) is 0 Å². The molecule has 1 atom stereocenters. The fourth-order valence-electron chi connectivity index (χ4n) is 0.0913. The molecule has 0 aromatic heterocycles. The quantitative estimate of drug-likeness (QED) is 0.529. The summed E-state index contributed by atoms with van der Waals surface area (Å²) in [5.74, 6) is 0.380. The number of rotatable bonds is 2. The van der Waals surface area contributed by atoms with Crippen LogP contribution in [0.2, 0.25) is 0 Å². The molecular weight excluding hydrogens is 76.1 g/mol. The van der Waals surface area contributed by atoms with Crippen LogP contribution in [0.3, 0.4) is 0 Å². The Labute approximate surface area is 39.0 Å². The van der Waals surface area contributed by atoms with Crippen LogP contribution >= 0.6 is 0 Å². The van der Waals surface area contributed by atoms with Crippen LogP contribution in [0.5, 0.6) is 0 Å². The summed E-state index contributed by atoms with van der Waals surface area (Å²) in [6.07, 6.45) is 0.830. The van der Waals surface area contributed by atoms with E-state index >= 15 is 0 Å². The molecule has 1 N–H and O–H groups in total. The molecule has 0 aromatic carbocycles. The lowest BCUT2D eigenvalue weighted by Gasteiger charge is -1.97. The fraction of sp³-hybridized carbons (Fsp3) is 0.800. The normalized spacial score (nSPS) is 14.5. The minimum absolute atomic E-state index is 0.267. The van der Waals surface area contributed by atoms with Gasteiger partial charge in [-0.05, 0) is 12.3 Å². The van der Waals surface area contributed by atoms with Crippen molar-refractivity contribution < 1.29 is 5.11 Å². The first-order valence-electron chi connectivity index (χ1n) is 2.21. The van der Waals surface area contributed by atoms with Gasteiger partial charge in [0.05, 0.1) is 0 Å². The monoisotopic (exact) mass is 87.1 g/mol. The third-order valence-electron chi connectivity index (χ3n) is 0.804. The maximum Gasteiger partial charge on any atom is 0.0456 e. The summed E-state index contributed by atoms with van der Waals surface area (Å²) >= 11 is 0. The van der Waals surface area contributed by atoms with Crippen LogP contribution in [0, 0.1) is 12.8 Å². The molecule has 1 nitrogen and oxygen atoms in total. The summed E-state index contributed by atoms with van der Waals surface area (Å²) in [6, 6.07) is 0. The average molecular weight is 87.1 g/mol. The highest BCUT2D eigenvalue weighted by molar-refractivity contribution is 4.48. The Bertz CT molecular complexity index is 23.1. The van der Waals surface area contributed by atoms with E-state index in [1.54, 1.807) is 0 Å². The minimum atomic E-state index is 0.267. The summed E-state index contributed by atoms with van der Waals surface area (Å²) < 4.78 is 0. The highest BCUT2D eigenvalue weighted by Crippen LogP contribution is 1.94. The second-order valence-electron chi connectivity index (χ2n) is 1.58. The van der Waals surface area contributed by atoms with E-state index in [0.717, 1.165) is 6.42 Å².